The maximum atomic E-state index is 5.85. The number of fused-ring (bicyclic) bond motifs is 1. The Hall–Kier alpha value is -2.07. The van der Waals surface area contributed by atoms with Crippen LogP contribution in [0.5, 0.6) is 0 Å². The van der Waals surface area contributed by atoms with E-state index in [-0.39, 0.29) is 6.04 Å². The molecule has 0 amide bonds. The van der Waals surface area contributed by atoms with Crippen LogP contribution in [0.4, 0.5) is 0 Å². The highest BCUT2D eigenvalue weighted by molar-refractivity contribution is 5.96. The number of aromatic amines is 2. The van der Waals surface area contributed by atoms with Crippen LogP contribution in [0, 0.1) is 13.8 Å². The average Bonchev–Trinajstić information content (AvgIpc) is 2.91. The molecule has 0 bridgehead atoms. The number of rotatable bonds is 2. The van der Waals surface area contributed by atoms with Gasteiger partial charge in [-0.2, -0.15) is 0 Å². The molecule has 0 fully saturated rings. The monoisotopic (exact) mass is 254 g/mol. The predicted octanol–water partition coefficient (Wildman–Crippen LogP) is 3.19. The van der Waals surface area contributed by atoms with Crippen LogP contribution in [-0.2, 0) is 0 Å². The van der Waals surface area contributed by atoms with Gasteiger partial charge < -0.3 is 15.7 Å². The summed E-state index contributed by atoms with van der Waals surface area (Å²) >= 11 is 0. The minimum absolute atomic E-state index is 0.0819. The van der Waals surface area contributed by atoms with Crippen molar-refractivity contribution in [1.29, 1.82) is 0 Å². The highest BCUT2D eigenvalue weighted by Crippen LogP contribution is 2.31. The third-order valence-corrected chi connectivity index (χ3v) is 3.44. The van der Waals surface area contributed by atoms with Gasteiger partial charge in [0.2, 0.25) is 0 Å². The summed E-state index contributed by atoms with van der Waals surface area (Å²) < 4.78 is 0. The van der Waals surface area contributed by atoms with E-state index in [0.717, 1.165) is 22.7 Å². The lowest BCUT2D eigenvalue weighted by molar-refractivity contribution is 0.756. The molecule has 4 heteroatoms. The van der Waals surface area contributed by atoms with E-state index in [2.05, 4.69) is 47.0 Å². The Morgan fingerprint density at radius 3 is 2.68 bits per heavy atom. The number of nitrogens with two attached hydrogens (primary N) is 1. The second-order valence-electron chi connectivity index (χ2n) is 5.14. The summed E-state index contributed by atoms with van der Waals surface area (Å²) in [5.41, 5.74) is 11.6. The molecule has 3 aromatic rings. The van der Waals surface area contributed by atoms with Gasteiger partial charge in [0.15, 0.2) is 0 Å². The van der Waals surface area contributed by atoms with Gasteiger partial charge in [-0.05, 0) is 32.4 Å². The van der Waals surface area contributed by atoms with Gasteiger partial charge in [0.1, 0.15) is 5.82 Å². The molecule has 1 aromatic carbocycles. The molecular weight excluding hydrogens is 236 g/mol. The summed E-state index contributed by atoms with van der Waals surface area (Å²) in [6.07, 6.45) is 1.86. The highest BCUT2D eigenvalue weighted by atomic mass is 15.0. The molecule has 0 aliphatic rings. The van der Waals surface area contributed by atoms with Crippen LogP contribution >= 0.6 is 0 Å². The van der Waals surface area contributed by atoms with Crippen LogP contribution in [0.1, 0.15) is 30.0 Å². The zero-order chi connectivity index (χ0) is 13.6. The Balaban J connectivity index is 2.20. The molecule has 4 nitrogen and oxygen atoms in total. The van der Waals surface area contributed by atoms with Crippen LogP contribution < -0.4 is 5.73 Å². The van der Waals surface area contributed by atoms with Gasteiger partial charge >= 0.3 is 0 Å². The lowest BCUT2D eigenvalue weighted by Gasteiger charge is -2.00. The summed E-state index contributed by atoms with van der Waals surface area (Å²) in [4.78, 5) is 11.1. The van der Waals surface area contributed by atoms with Crippen LogP contribution in [-0.4, -0.2) is 15.0 Å². The Labute approximate surface area is 112 Å². The van der Waals surface area contributed by atoms with E-state index >= 15 is 0 Å². The molecule has 0 saturated heterocycles. The third kappa shape index (κ3) is 1.94. The first-order valence-corrected chi connectivity index (χ1v) is 6.46. The lowest BCUT2D eigenvalue weighted by Crippen LogP contribution is -2.06. The molecule has 0 aliphatic heterocycles. The van der Waals surface area contributed by atoms with E-state index in [4.69, 9.17) is 5.73 Å². The first-order valence-electron chi connectivity index (χ1n) is 6.46. The normalized spacial score (nSPS) is 13.1. The third-order valence-electron chi connectivity index (χ3n) is 3.44. The number of nitrogens with one attached hydrogen (secondary N) is 2. The molecule has 2 aromatic heterocycles. The first kappa shape index (κ1) is 12.0. The van der Waals surface area contributed by atoms with Crippen molar-refractivity contribution < 1.29 is 0 Å². The molecule has 0 radical (unpaired) electrons. The van der Waals surface area contributed by atoms with Crippen LogP contribution in [0.15, 0.2) is 24.4 Å². The van der Waals surface area contributed by atoms with Gasteiger partial charge in [0.25, 0.3) is 0 Å². The van der Waals surface area contributed by atoms with Crippen molar-refractivity contribution in [3.8, 4) is 11.3 Å². The number of benzene rings is 1. The maximum Gasteiger partial charge on any atom is 0.123 e. The summed E-state index contributed by atoms with van der Waals surface area (Å²) in [6, 6.07) is 6.36. The number of aromatic nitrogens is 3. The number of hydrogen-bond donors (Lipinski definition) is 3. The van der Waals surface area contributed by atoms with Crippen LogP contribution in [0.25, 0.3) is 22.2 Å². The Bertz CT molecular complexity index is 734. The largest absolute Gasteiger partial charge is 0.358 e. The minimum Gasteiger partial charge on any atom is -0.358 e. The number of H-pyrrole nitrogens is 2. The number of hydrogen-bond acceptors (Lipinski definition) is 2. The van der Waals surface area contributed by atoms with Gasteiger partial charge in [0, 0.05) is 22.2 Å². The van der Waals surface area contributed by atoms with E-state index in [1.54, 1.807) is 0 Å². The number of imidazole rings is 1. The predicted molar refractivity (Wildman–Crippen MR) is 78.0 cm³/mol. The van der Waals surface area contributed by atoms with Gasteiger partial charge in [-0.1, -0.05) is 12.1 Å². The number of nitrogens with zero attached hydrogens (tertiary/aromatic N) is 1. The van der Waals surface area contributed by atoms with Crippen molar-refractivity contribution in [2.75, 3.05) is 0 Å². The van der Waals surface area contributed by atoms with E-state index in [9.17, 15) is 0 Å². The van der Waals surface area contributed by atoms with Crippen molar-refractivity contribution in [2.24, 2.45) is 5.73 Å². The SMILES string of the molecule is Cc1ccc2c(-c3cnc(C(C)N)[nH]3)c(C)[nH]c2c1. The second kappa shape index (κ2) is 4.24. The summed E-state index contributed by atoms with van der Waals surface area (Å²) in [6.45, 7) is 6.10. The molecule has 4 N–H and O–H groups in total. The smallest absolute Gasteiger partial charge is 0.123 e. The molecule has 2 heterocycles. The van der Waals surface area contributed by atoms with Crippen molar-refractivity contribution in [1.82, 2.24) is 15.0 Å². The minimum atomic E-state index is -0.0819. The summed E-state index contributed by atoms with van der Waals surface area (Å²) in [7, 11) is 0. The zero-order valence-electron chi connectivity index (χ0n) is 11.4. The Morgan fingerprint density at radius 1 is 1.21 bits per heavy atom. The average molecular weight is 254 g/mol. The topological polar surface area (TPSA) is 70.5 Å². The molecule has 0 spiro atoms. The van der Waals surface area contributed by atoms with Gasteiger partial charge in [-0.15, -0.1) is 0 Å². The Morgan fingerprint density at radius 2 is 2.00 bits per heavy atom. The van der Waals surface area contributed by atoms with Crippen molar-refractivity contribution in [2.45, 2.75) is 26.8 Å². The fraction of sp³-hybridized carbons (Fsp3) is 0.267. The van der Waals surface area contributed by atoms with Gasteiger partial charge in [0.05, 0.1) is 17.9 Å². The van der Waals surface area contributed by atoms with Crippen molar-refractivity contribution in [3.05, 3.63) is 41.5 Å². The van der Waals surface area contributed by atoms with Gasteiger partial charge in [-0.25, -0.2) is 4.98 Å². The summed E-state index contributed by atoms with van der Waals surface area (Å²) in [5, 5.41) is 1.21. The van der Waals surface area contributed by atoms with E-state index in [0.29, 0.717) is 0 Å². The molecule has 1 unspecified atom stereocenters. The molecular formula is C15H18N4. The second-order valence-corrected chi connectivity index (χ2v) is 5.14. The van der Waals surface area contributed by atoms with Crippen LogP contribution in [0.2, 0.25) is 0 Å². The maximum absolute atomic E-state index is 5.85. The molecule has 98 valence electrons. The van der Waals surface area contributed by atoms with Crippen LogP contribution in [0.3, 0.4) is 0 Å². The number of aryl methyl sites for hydroxylation is 2. The fourth-order valence-electron chi connectivity index (χ4n) is 2.49. The molecule has 3 rings (SSSR count). The Kier molecular flexibility index (Phi) is 2.68. The molecule has 1 atom stereocenters. The van der Waals surface area contributed by atoms with Crippen molar-refractivity contribution >= 4 is 10.9 Å². The fourth-order valence-corrected chi connectivity index (χ4v) is 2.49. The lowest BCUT2D eigenvalue weighted by atomic mass is 10.1. The standard InChI is InChI=1S/C15H18N4/c1-8-4-5-11-12(6-8)18-10(3)14(11)13-7-17-15(19-13)9(2)16/h4-7,9,18H,16H2,1-3H3,(H,17,19). The highest BCUT2D eigenvalue weighted by Gasteiger charge is 2.14. The summed E-state index contributed by atoms with van der Waals surface area (Å²) in [5.74, 6) is 0.816. The van der Waals surface area contributed by atoms with Gasteiger partial charge in [-0.3, -0.25) is 0 Å². The quantitative estimate of drug-likeness (QED) is 0.657. The molecule has 19 heavy (non-hydrogen) atoms. The zero-order valence-corrected chi connectivity index (χ0v) is 11.4. The molecule has 0 saturated carbocycles. The van der Waals surface area contributed by atoms with E-state index in [1.165, 1.54) is 16.5 Å². The van der Waals surface area contributed by atoms with E-state index in [1.807, 2.05) is 13.1 Å². The molecule has 0 aliphatic carbocycles. The van der Waals surface area contributed by atoms with E-state index < -0.39 is 0 Å². The first-order chi connectivity index (χ1) is 9.06. The van der Waals surface area contributed by atoms with Crippen molar-refractivity contribution in [3.63, 3.8) is 0 Å².